The summed E-state index contributed by atoms with van der Waals surface area (Å²) in [5.41, 5.74) is 3.57. The van der Waals surface area contributed by atoms with Crippen LogP contribution in [-0.2, 0) is 11.2 Å². The Morgan fingerprint density at radius 3 is 2.52 bits per heavy atom. The zero-order chi connectivity index (χ0) is 15.2. The van der Waals surface area contributed by atoms with E-state index < -0.39 is 0 Å². The fourth-order valence-corrected chi connectivity index (χ4v) is 2.86. The summed E-state index contributed by atoms with van der Waals surface area (Å²) in [5.74, 6) is 2.05. The highest BCUT2D eigenvalue weighted by Crippen LogP contribution is 2.24. The van der Waals surface area contributed by atoms with Crippen molar-refractivity contribution in [2.45, 2.75) is 52.9 Å². The van der Waals surface area contributed by atoms with Crippen LogP contribution in [0.5, 0.6) is 0 Å². The molecule has 0 spiro atoms. The Kier molecular flexibility index (Phi) is 6.12. The molecule has 2 rings (SSSR count). The van der Waals surface area contributed by atoms with E-state index in [0.29, 0.717) is 11.8 Å². The van der Waals surface area contributed by atoms with E-state index in [1.54, 1.807) is 0 Å². The maximum absolute atomic E-state index is 5.56. The molecule has 1 unspecified atom stereocenters. The monoisotopic (exact) mass is 291 g/mol. The average molecular weight is 291 g/mol. The van der Waals surface area contributed by atoms with E-state index in [-0.39, 0.29) is 0 Å². The summed E-state index contributed by atoms with van der Waals surface area (Å²) in [7, 11) is 0. The minimum Gasteiger partial charge on any atom is -0.381 e. The minimum absolute atomic E-state index is 0.379. The Hall–Kier alpha value is -1.00. The summed E-state index contributed by atoms with van der Waals surface area (Å²) in [6.45, 7) is 12.4. The van der Waals surface area contributed by atoms with Crippen molar-refractivity contribution in [3.8, 4) is 0 Å². The van der Waals surface area contributed by atoms with Gasteiger partial charge in [-0.25, -0.2) is 9.97 Å². The first-order valence-electron chi connectivity index (χ1n) is 8.20. The van der Waals surface area contributed by atoms with Crippen molar-refractivity contribution < 1.29 is 4.74 Å². The lowest BCUT2D eigenvalue weighted by Crippen LogP contribution is -2.23. The van der Waals surface area contributed by atoms with Gasteiger partial charge < -0.3 is 10.1 Å². The molecule has 1 atom stereocenters. The summed E-state index contributed by atoms with van der Waals surface area (Å²) in [5, 5.41) is 3.49. The Balaban J connectivity index is 1.99. The Labute approximate surface area is 128 Å². The van der Waals surface area contributed by atoms with E-state index in [9.17, 15) is 0 Å². The van der Waals surface area contributed by atoms with Crippen LogP contribution < -0.4 is 5.32 Å². The lowest BCUT2D eigenvalue weighted by Gasteiger charge is -2.22. The summed E-state index contributed by atoms with van der Waals surface area (Å²) >= 11 is 0. The third kappa shape index (κ3) is 4.75. The van der Waals surface area contributed by atoms with Crippen molar-refractivity contribution >= 4 is 0 Å². The van der Waals surface area contributed by atoms with Crippen LogP contribution in [0, 0.1) is 19.8 Å². The first-order chi connectivity index (χ1) is 10.1. The second-order valence-corrected chi connectivity index (χ2v) is 6.49. The number of aryl methyl sites for hydroxylation is 2. The van der Waals surface area contributed by atoms with Gasteiger partial charge in [0.25, 0.3) is 0 Å². The quantitative estimate of drug-likeness (QED) is 0.819. The molecule has 1 aliphatic rings. The van der Waals surface area contributed by atoms with Crippen molar-refractivity contribution in [3.05, 3.63) is 22.8 Å². The minimum atomic E-state index is 0.379. The van der Waals surface area contributed by atoms with Crippen molar-refractivity contribution in [1.29, 1.82) is 0 Å². The van der Waals surface area contributed by atoms with Crippen LogP contribution in [0.15, 0.2) is 0 Å². The number of nitrogens with one attached hydrogen (secondary N) is 1. The van der Waals surface area contributed by atoms with Gasteiger partial charge in [0, 0.05) is 23.9 Å². The number of ether oxygens (including phenoxy) is 1. The second-order valence-electron chi connectivity index (χ2n) is 6.49. The second kappa shape index (κ2) is 7.85. The normalized spacial score (nSPS) is 19.2. The molecule has 0 saturated carbocycles. The van der Waals surface area contributed by atoms with Gasteiger partial charge in [-0.2, -0.15) is 0 Å². The van der Waals surface area contributed by atoms with Crippen LogP contribution in [0.25, 0.3) is 0 Å². The highest BCUT2D eigenvalue weighted by molar-refractivity contribution is 5.25. The number of aromatic nitrogens is 2. The van der Waals surface area contributed by atoms with E-state index in [1.807, 2.05) is 0 Å². The highest BCUT2D eigenvalue weighted by atomic mass is 16.5. The molecule has 0 radical (unpaired) electrons. The molecule has 0 bridgehead atoms. The topological polar surface area (TPSA) is 47.0 Å². The standard InChI is InChI=1S/C17H29N3O/c1-12(2)10-18-8-7-16-13(3)19-17(20-14(16)4)15-6-5-9-21-11-15/h12,15,18H,5-11H2,1-4H3. The van der Waals surface area contributed by atoms with Gasteiger partial charge in [-0.1, -0.05) is 13.8 Å². The molecule has 118 valence electrons. The van der Waals surface area contributed by atoms with E-state index in [0.717, 1.165) is 62.8 Å². The molecule has 21 heavy (non-hydrogen) atoms. The fourth-order valence-electron chi connectivity index (χ4n) is 2.86. The van der Waals surface area contributed by atoms with Gasteiger partial charge in [0.2, 0.25) is 0 Å². The lowest BCUT2D eigenvalue weighted by molar-refractivity contribution is 0.0779. The van der Waals surface area contributed by atoms with Gasteiger partial charge in [-0.15, -0.1) is 0 Å². The summed E-state index contributed by atoms with van der Waals surface area (Å²) < 4.78 is 5.56. The molecule has 4 nitrogen and oxygen atoms in total. The third-order valence-electron chi connectivity index (χ3n) is 4.07. The van der Waals surface area contributed by atoms with Crippen LogP contribution in [0.1, 0.15) is 55.4 Å². The van der Waals surface area contributed by atoms with Gasteiger partial charge in [0.1, 0.15) is 5.82 Å². The molecule has 1 fully saturated rings. The molecule has 1 aliphatic heterocycles. The van der Waals surface area contributed by atoms with Gasteiger partial charge in [0.05, 0.1) is 6.61 Å². The summed E-state index contributed by atoms with van der Waals surface area (Å²) in [6, 6.07) is 0. The molecule has 1 aromatic rings. The average Bonchev–Trinajstić information content (AvgIpc) is 2.46. The zero-order valence-electron chi connectivity index (χ0n) is 13.9. The maximum atomic E-state index is 5.56. The predicted octanol–water partition coefficient (Wildman–Crippen LogP) is 2.78. The van der Waals surface area contributed by atoms with Crippen LogP contribution >= 0.6 is 0 Å². The first kappa shape index (κ1) is 16.4. The van der Waals surface area contributed by atoms with Gasteiger partial charge >= 0.3 is 0 Å². The van der Waals surface area contributed by atoms with Gasteiger partial charge in [0.15, 0.2) is 0 Å². The molecule has 1 aromatic heterocycles. The van der Waals surface area contributed by atoms with Crippen molar-refractivity contribution in [2.24, 2.45) is 5.92 Å². The van der Waals surface area contributed by atoms with Gasteiger partial charge in [-0.3, -0.25) is 0 Å². The molecule has 0 aliphatic carbocycles. The van der Waals surface area contributed by atoms with Crippen LogP contribution in [-0.4, -0.2) is 36.3 Å². The molecule has 1 N–H and O–H groups in total. The van der Waals surface area contributed by atoms with Crippen molar-refractivity contribution in [3.63, 3.8) is 0 Å². The maximum Gasteiger partial charge on any atom is 0.134 e. The van der Waals surface area contributed by atoms with Crippen molar-refractivity contribution in [1.82, 2.24) is 15.3 Å². The molecular weight excluding hydrogens is 262 g/mol. The smallest absolute Gasteiger partial charge is 0.134 e. The predicted molar refractivity (Wildman–Crippen MR) is 85.7 cm³/mol. The zero-order valence-corrected chi connectivity index (χ0v) is 13.9. The summed E-state index contributed by atoms with van der Waals surface area (Å²) in [6.07, 6.45) is 3.27. The molecule has 0 amide bonds. The Bertz CT molecular complexity index is 430. The lowest BCUT2D eigenvalue weighted by atomic mass is 10.00. The number of hydrogen-bond donors (Lipinski definition) is 1. The largest absolute Gasteiger partial charge is 0.381 e. The number of hydrogen-bond acceptors (Lipinski definition) is 4. The van der Waals surface area contributed by atoms with E-state index in [2.05, 4.69) is 33.0 Å². The van der Waals surface area contributed by atoms with E-state index in [4.69, 9.17) is 14.7 Å². The molecule has 0 aromatic carbocycles. The Morgan fingerprint density at radius 2 is 1.95 bits per heavy atom. The Morgan fingerprint density at radius 1 is 1.24 bits per heavy atom. The fraction of sp³-hybridized carbons (Fsp3) is 0.765. The highest BCUT2D eigenvalue weighted by Gasteiger charge is 2.20. The SMILES string of the molecule is Cc1nc(C2CCCOC2)nc(C)c1CCNCC(C)C. The molecule has 1 saturated heterocycles. The van der Waals surface area contributed by atoms with Crippen LogP contribution in [0.4, 0.5) is 0 Å². The van der Waals surface area contributed by atoms with E-state index >= 15 is 0 Å². The van der Waals surface area contributed by atoms with Gasteiger partial charge in [-0.05, 0) is 57.7 Å². The first-order valence-corrected chi connectivity index (χ1v) is 8.20. The molecule has 2 heterocycles. The van der Waals surface area contributed by atoms with Crippen LogP contribution in [0.2, 0.25) is 0 Å². The number of rotatable bonds is 6. The van der Waals surface area contributed by atoms with E-state index in [1.165, 1.54) is 5.56 Å². The summed E-state index contributed by atoms with van der Waals surface area (Å²) in [4.78, 5) is 9.51. The number of nitrogens with zero attached hydrogens (tertiary/aromatic N) is 2. The van der Waals surface area contributed by atoms with Crippen LogP contribution in [0.3, 0.4) is 0 Å². The van der Waals surface area contributed by atoms with Crippen molar-refractivity contribution in [2.75, 3.05) is 26.3 Å². The third-order valence-corrected chi connectivity index (χ3v) is 4.07. The molecular formula is C17H29N3O. The molecule has 4 heteroatoms.